The second-order valence-electron chi connectivity index (χ2n) is 6.00. The normalized spacial score (nSPS) is 11.5. The Labute approximate surface area is 171 Å². The Morgan fingerprint density at radius 2 is 1.75 bits per heavy atom. The first kappa shape index (κ1) is 19.9. The molecule has 0 aliphatic rings. The van der Waals surface area contributed by atoms with E-state index in [1.165, 1.54) is 18.3 Å². The maximum atomic E-state index is 12.3. The molecule has 1 atom stereocenters. The van der Waals surface area contributed by atoms with Crippen LogP contribution >= 0.6 is 22.9 Å². The SMILES string of the molecule is CC(=O)Nc1ccc(-c2csc(NC(=O)[C@H](C)Oc3ccc(Cl)cc3)n2)cc1. The van der Waals surface area contributed by atoms with Gasteiger partial charge >= 0.3 is 0 Å². The van der Waals surface area contributed by atoms with Gasteiger partial charge in [0.1, 0.15) is 5.75 Å². The lowest BCUT2D eigenvalue weighted by atomic mass is 10.1. The molecule has 2 aromatic carbocycles. The number of aromatic nitrogens is 1. The van der Waals surface area contributed by atoms with Crippen molar-refractivity contribution in [3.05, 3.63) is 58.9 Å². The molecule has 3 rings (SSSR count). The van der Waals surface area contributed by atoms with Crippen LogP contribution in [0.2, 0.25) is 5.02 Å². The van der Waals surface area contributed by atoms with Crippen molar-refractivity contribution in [1.82, 2.24) is 4.98 Å². The van der Waals surface area contributed by atoms with Crippen LogP contribution in [0.25, 0.3) is 11.3 Å². The molecule has 28 heavy (non-hydrogen) atoms. The Kier molecular flexibility index (Phi) is 6.28. The van der Waals surface area contributed by atoms with Gasteiger partial charge in [-0.3, -0.25) is 14.9 Å². The van der Waals surface area contributed by atoms with Gasteiger partial charge in [-0.25, -0.2) is 4.98 Å². The van der Waals surface area contributed by atoms with E-state index in [4.69, 9.17) is 16.3 Å². The van der Waals surface area contributed by atoms with E-state index < -0.39 is 6.10 Å². The van der Waals surface area contributed by atoms with Crippen molar-refractivity contribution in [2.75, 3.05) is 10.6 Å². The van der Waals surface area contributed by atoms with E-state index in [-0.39, 0.29) is 11.8 Å². The topological polar surface area (TPSA) is 80.3 Å². The summed E-state index contributed by atoms with van der Waals surface area (Å²) in [5.74, 6) is 0.143. The molecule has 0 saturated carbocycles. The molecule has 1 heterocycles. The molecule has 0 unspecified atom stereocenters. The standard InChI is InChI=1S/C20H18ClN3O3S/c1-12(27-17-9-5-15(21)6-10-17)19(26)24-20-23-18(11-28-20)14-3-7-16(8-4-14)22-13(2)25/h3-12H,1-2H3,(H,22,25)(H,23,24,26)/t12-/m0/s1. The van der Waals surface area contributed by atoms with Gasteiger partial charge in [-0.2, -0.15) is 0 Å². The van der Waals surface area contributed by atoms with E-state index in [1.54, 1.807) is 43.3 Å². The number of nitrogens with one attached hydrogen (secondary N) is 2. The van der Waals surface area contributed by atoms with Gasteiger partial charge in [0.15, 0.2) is 11.2 Å². The first-order valence-electron chi connectivity index (χ1n) is 8.47. The number of benzene rings is 2. The first-order valence-corrected chi connectivity index (χ1v) is 9.73. The van der Waals surface area contributed by atoms with Crippen LogP contribution < -0.4 is 15.4 Å². The quantitative estimate of drug-likeness (QED) is 0.604. The molecule has 0 bridgehead atoms. The lowest BCUT2D eigenvalue weighted by molar-refractivity contribution is -0.122. The molecule has 0 aliphatic heterocycles. The van der Waals surface area contributed by atoms with Crippen LogP contribution in [0.15, 0.2) is 53.9 Å². The number of halogens is 1. The molecular weight excluding hydrogens is 398 g/mol. The van der Waals surface area contributed by atoms with Crippen LogP contribution in [0.1, 0.15) is 13.8 Å². The predicted octanol–water partition coefficient (Wildman–Crippen LogP) is 4.83. The highest BCUT2D eigenvalue weighted by atomic mass is 35.5. The lowest BCUT2D eigenvalue weighted by Gasteiger charge is -2.13. The minimum atomic E-state index is -0.689. The molecule has 0 aliphatic carbocycles. The Bertz CT molecular complexity index is 971. The fourth-order valence-electron chi connectivity index (χ4n) is 2.37. The number of thiazole rings is 1. The number of carbonyl (C=O) groups excluding carboxylic acids is 2. The van der Waals surface area contributed by atoms with Crippen LogP contribution in [0.4, 0.5) is 10.8 Å². The number of hydrogen-bond donors (Lipinski definition) is 2. The van der Waals surface area contributed by atoms with E-state index in [1.807, 2.05) is 17.5 Å². The number of amides is 2. The molecule has 0 fully saturated rings. The summed E-state index contributed by atoms with van der Waals surface area (Å²) in [4.78, 5) is 27.9. The van der Waals surface area contributed by atoms with Gasteiger partial charge in [0.05, 0.1) is 5.69 Å². The Balaban J connectivity index is 1.61. The summed E-state index contributed by atoms with van der Waals surface area (Å²) in [6.07, 6.45) is -0.689. The van der Waals surface area contributed by atoms with Crippen molar-refractivity contribution in [1.29, 1.82) is 0 Å². The number of rotatable bonds is 6. The van der Waals surface area contributed by atoms with Gasteiger partial charge in [0.2, 0.25) is 5.91 Å². The van der Waals surface area contributed by atoms with E-state index in [9.17, 15) is 9.59 Å². The molecule has 8 heteroatoms. The molecule has 0 radical (unpaired) electrons. The smallest absolute Gasteiger partial charge is 0.266 e. The fourth-order valence-corrected chi connectivity index (χ4v) is 3.22. The predicted molar refractivity (Wildman–Crippen MR) is 112 cm³/mol. The molecule has 3 aromatic rings. The third-order valence-corrected chi connectivity index (χ3v) is 4.74. The molecular formula is C20H18ClN3O3S. The van der Waals surface area contributed by atoms with Crippen molar-refractivity contribution in [3.8, 4) is 17.0 Å². The minimum Gasteiger partial charge on any atom is -0.481 e. The van der Waals surface area contributed by atoms with Crippen molar-refractivity contribution in [2.24, 2.45) is 0 Å². The zero-order chi connectivity index (χ0) is 20.1. The third kappa shape index (κ3) is 5.31. The second-order valence-corrected chi connectivity index (χ2v) is 7.29. The first-order chi connectivity index (χ1) is 13.4. The number of hydrogen-bond acceptors (Lipinski definition) is 5. The summed E-state index contributed by atoms with van der Waals surface area (Å²) in [5, 5.41) is 8.42. The monoisotopic (exact) mass is 415 g/mol. The molecule has 0 saturated heterocycles. The zero-order valence-electron chi connectivity index (χ0n) is 15.2. The minimum absolute atomic E-state index is 0.124. The summed E-state index contributed by atoms with van der Waals surface area (Å²) in [7, 11) is 0. The van der Waals surface area contributed by atoms with Gasteiger partial charge in [-0.15, -0.1) is 11.3 Å². The van der Waals surface area contributed by atoms with Gasteiger partial charge in [0.25, 0.3) is 5.91 Å². The number of nitrogens with zero attached hydrogens (tertiary/aromatic N) is 1. The molecule has 1 aromatic heterocycles. The van der Waals surface area contributed by atoms with Gasteiger partial charge in [-0.1, -0.05) is 23.7 Å². The summed E-state index contributed by atoms with van der Waals surface area (Å²) in [6, 6.07) is 14.1. The second kappa shape index (κ2) is 8.86. The lowest BCUT2D eigenvalue weighted by Crippen LogP contribution is -2.30. The molecule has 2 N–H and O–H groups in total. The number of anilines is 2. The Morgan fingerprint density at radius 1 is 1.07 bits per heavy atom. The summed E-state index contributed by atoms with van der Waals surface area (Å²) in [5.41, 5.74) is 2.34. The summed E-state index contributed by atoms with van der Waals surface area (Å²) >= 11 is 7.17. The van der Waals surface area contributed by atoms with Crippen molar-refractivity contribution in [2.45, 2.75) is 20.0 Å². The molecule has 2 amide bonds. The average molecular weight is 416 g/mol. The highest BCUT2D eigenvalue weighted by Crippen LogP contribution is 2.26. The molecule has 144 valence electrons. The van der Waals surface area contributed by atoms with E-state index in [0.717, 1.165) is 11.3 Å². The highest BCUT2D eigenvalue weighted by molar-refractivity contribution is 7.14. The van der Waals surface area contributed by atoms with Gasteiger partial charge < -0.3 is 10.1 Å². The van der Waals surface area contributed by atoms with Crippen LogP contribution in [0.5, 0.6) is 5.75 Å². The van der Waals surface area contributed by atoms with E-state index >= 15 is 0 Å². The van der Waals surface area contributed by atoms with Crippen LogP contribution in [-0.4, -0.2) is 22.9 Å². The number of ether oxygens (including phenoxy) is 1. The van der Waals surface area contributed by atoms with E-state index in [2.05, 4.69) is 15.6 Å². The highest BCUT2D eigenvalue weighted by Gasteiger charge is 2.17. The van der Waals surface area contributed by atoms with E-state index in [0.29, 0.717) is 21.6 Å². The molecule has 6 nitrogen and oxygen atoms in total. The maximum absolute atomic E-state index is 12.3. The Morgan fingerprint density at radius 3 is 2.39 bits per heavy atom. The zero-order valence-corrected chi connectivity index (χ0v) is 16.8. The van der Waals surface area contributed by atoms with Crippen molar-refractivity contribution < 1.29 is 14.3 Å². The largest absolute Gasteiger partial charge is 0.481 e. The van der Waals surface area contributed by atoms with Crippen LogP contribution in [0, 0.1) is 0 Å². The Hall–Kier alpha value is -2.90. The number of carbonyl (C=O) groups is 2. The van der Waals surface area contributed by atoms with Crippen LogP contribution in [0.3, 0.4) is 0 Å². The van der Waals surface area contributed by atoms with Crippen molar-refractivity contribution >= 4 is 45.6 Å². The third-order valence-electron chi connectivity index (χ3n) is 3.73. The average Bonchev–Trinajstić information content (AvgIpc) is 3.12. The molecule has 0 spiro atoms. The maximum Gasteiger partial charge on any atom is 0.266 e. The van der Waals surface area contributed by atoms with Crippen LogP contribution in [-0.2, 0) is 9.59 Å². The summed E-state index contributed by atoms with van der Waals surface area (Å²) in [6.45, 7) is 3.13. The van der Waals surface area contributed by atoms with Crippen molar-refractivity contribution in [3.63, 3.8) is 0 Å². The van der Waals surface area contributed by atoms with Gasteiger partial charge in [0, 0.05) is 28.6 Å². The van der Waals surface area contributed by atoms with Gasteiger partial charge in [-0.05, 0) is 43.3 Å². The fraction of sp³-hybridized carbons (Fsp3) is 0.150. The summed E-state index contributed by atoms with van der Waals surface area (Å²) < 4.78 is 5.61.